The number of rotatable bonds is 7. The van der Waals surface area contributed by atoms with Gasteiger partial charge in [-0.3, -0.25) is 4.72 Å². The van der Waals surface area contributed by atoms with Gasteiger partial charge < -0.3 is 9.73 Å². The van der Waals surface area contributed by atoms with Gasteiger partial charge in [0.15, 0.2) is 0 Å². The van der Waals surface area contributed by atoms with Gasteiger partial charge in [0.25, 0.3) is 10.0 Å². The highest BCUT2D eigenvalue weighted by Gasteiger charge is 2.21. The number of aliphatic imine (C=N–C) groups is 1. The second-order valence-corrected chi connectivity index (χ2v) is 7.31. The fourth-order valence-corrected chi connectivity index (χ4v) is 3.88. The highest BCUT2D eigenvalue weighted by molar-refractivity contribution is 7.92. The van der Waals surface area contributed by atoms with Crippen molar-refractivity contribution in [3.8, 4) is 11.3 Å². The number of benzene rings is 2. The maximum absolute atomic E-state index is 12.9. The molecule has 1 aromatic heterocycles. The van der Waals surface area contributed by atoms with Gasteiger partial charge in [-0.1, -0.05) is 18.2 Å². The summed E-state index contributed by atoms with van der Waals surface area (Å²) in [5.41, 5.74) is 1.87. The van der Waals surface area contributed by atoms with Crippen molar-refractivity contribution in [2.75, 3.05) is 11.8 Å². The Labute approximate surface area is 156 Å². The van der Waals surface area contributed by atoms with Crippen LogP contribution in [-0.4, -0.2) is 21.5 Å². The molecule has 27 heavy (non-hydrogen) atoms. The molecule has 2 aromatic carbocycles. The lowest BCUT2D eigenvalue weighted by molar-refractivity contribution is 0.565. The van der Waals surface area contributed by atoms with E-state index in [4.69, 9.17) is 4.42 Å². The second kappa shape index (κ2) is 8.01. The zero-order valence-corrected chi connectivity index (χ0v) is 15.3. The maximum Gasteiger partial charge on any atom is 0.264 e. The van der Waals surface area contributed by atoms with Crippen LogP contribution in [0.15, 0.2) is 75.2 Å². The van der Waals surface area contributed by atoms with E-state index in [2.05, 4.69) is 15.0 Å². The molecule has 2 N–H and O–H groups in total. The molecule has 0 radical (unpaired) electrons. The van der Waals surface area contributed by atoms with Crippen molar-refractivity contribution in [1.82, 2.24) is 5.32 Å². The molecule has 0 bridgehead atoms. The number of furan rings is 1. The molecule has 1 heterocycles. The van der Waals surface area contributed by atoms with E-state index in [1.807, 2.05) is 6.07 Å². The van der Waals surface area contributed by atoms with Gasteiger partial charge in [0, 0.05) is 12.1 Å². The number of isocyanates is 1. The minimum absolute atomic E-state index is 0.0194. The van der Waals surface area contributed by atoms with Crippen LogP contribution in [0.4, 0.5) is 11.4 Å². The first-order valence-corrected chi connectivity index (χ1v) is 9.54. The third kappa shape index (κ3) is 4.15. The SMILES string of the molecule is CNCc1ccc(-c2ccco2)c(NS(=O)(=O)c2ccccc2N=C=O)c1. The van der Waals surface area contributed by atoms with E-state index in [9.17, 15) is 13.2 Å². The smallest absolute Gasteiger partial charge is 0.264 e. The average molecular weight is 383 g/mol. The van der Waals surface area contributed by atoms with Crippen LogP contribution in [0.5, 0.6) is 0 Å². The molecule has 3 rings (SSSR count). The minimum atomic E-state index is -4.00. The topological polar surface area (TPSA) is 101 Å². The van der Waals surface area contributed by atoms with Crippen LogP contribution in [0, 0.1) is 0 Å². The minimum Gasteiger partial charge on any atom is -0.464 e. The lowest BCUT2D eigenvalue weighted by Crippen LogP contribution is -2.14. The van der Waals surface area contributed by atoms with E-state index >= 15 is 0 Å². The number of sulfonamides is 1. The Bertz CT molecular complexity index is 1090. The molecule has 3 aromatic rings. The Balaban J connectivity index is 2.08. The lowest BCUT2D eigenvalue weighted by Gasteiger charge is -2.14. The highest BCUT2D eigenvalue weighted by atomic mass is 32.2. The molecule has 0 saturated heterocycles. The Morgan fingerprint density at radius 2 is 1.93 bits per heavy atom. The summed E-state index contributed by atoms with van der Waals surface area (Å²) in [4.78, 5) is 14.0. The molecular formula is C19H17N3O4S. The lowest BCUT2D eigenvalue weighted by atomic mass is 10.1. The predicted molar refractivity (Wildman–Crippen MR) is 102 cm³/mol. The van der Waals surface area contributed by atoms with Crippen LogP contribution in [0.3, 0.4) is 0 Å². The monoisotopic (exact) mass is 383 g/mol. The van der Waals surface area contributed by atoms with Crippen LogP contribution in [-0.2, 0) is 21.4 Å². The summed E-state index contributed by atoms with van der Waals surface area (Å²) >= 11 is 0. The van der Waals surface area contributed by atoms with Gasteiger partial charge in [0.05, 0.1) is 17.6 Å². The standard InChI is InChI=1S/C19H17N3O4S/c1-20-12-14-8-9-15(18-6-4-10-26-18)17(11-14)22-27(24,25)19-7-3-2-5-16(19)21-13-23/h2-11,20,22H,12H2,1H3. The second-order valence-electron chi connectivity index (χ2n) is 5.66. The molecule has 0 amide bonds. The Morgan fingerprint density at radius 3 is 2.63 bits per heavy atom. The van der Waals surface area contributed by atoms with Gasteiger partial charge in [-0.05, 0) is 49.0 Å². The Hall–Kier alpha value is -3.19. The largest absolute Gasteiger partial charge is 0.464 e. The molecular weight excluding hydrogens is 366 g/mol. The van der Waals surface area contributed by atoms with Gasteiger partial charge in [-0.15, -0.1) is 0 Å². The first-order chi connectivity index (χ1) is 13.0. The van der Waals surface area contributed by atoms with Gasteiger partial charge in [-0.25, -0.2) is 13.2 Å². The molecule has 7 nitrogen and oxygen atoms in total. The zero-order chi connectivity index (χ0) is 19.3. The van der Waals surface area contributed by atoms with E-state index in [0.29, 0.717) is 23.6 Å². The predicted octanol–water partition coefficient (Wildman–Crippen LogP) is 3.43. The first kappa shape index (κ1) is 18.6. The molecule has 0 atom stereocenters. The van der Waals surface area contributed by atoms with E-state index in [-0.39, 0.29) is 10.6 Å². The van der Waals surface area contributed by atoms with E-state index in [1.54, 1.807) is 43.4 Å². The third-order valence-electron chi connectivity index (χ3n) is 3.82. The molecule has 0 aliphatic carbocycles. The summed E-state index contributed by atoms with van der Waals surface area (Å²) in [6.07, 6.45) is 2.90. The Kier molecular flexibility index (Phi) is 5.52. The van der Waals surface area contributed by atoms with Crippen LogP contribution in [0.1, 0.15) is 5.56 Å². The molecule has 0 fully saturated rings. The van der Waals surface area contributed by atoms with Crippen molar-refractivity contribution < 1.29 is 17.6 Å². The van der Waals surface area contributed by atoms with Gasteiger partial charge in [0.1, 0.15) is 10.7 Å². The molecule has 0 unspecified atom stereocenters. The molecule has 8 heteroatoms. The van der Waals surface area contributed by atoms with Crippen molar-refractivity contribution in [3.05, 3.63) is 66.4 Å². The molecule has 138 valence electrons. The van der Waals surface area contributed by atoms with Gasteiger partial charge in [-0.2, -0.15) is 4.99 Å². The number of hydrogen-bond donors (Lipinski definition) is 2. The fourth-order valence-electron chi connectivity index (χ4n) is 2.66. The summed E-state index contributed by atoms with van der Waals surface area (Å²) in [6.45, 7) is 0.569. The number of hydrogen-bond acceptors (Lipinski definition) is 6. The van der Waals surface area contributed by atoms with E-state index in [1.165, 1.54) is 24.5 Å². The third-order valence-corrected chi connectivity index (χ3v) is 5.23. The summed E-state index contributed by atoms with van der Waals surface area (Å²) in [6, 6.07) is 14.8. The number of nitrogens with zero attached hydrogens (tertiary/aromatic N) is 1. The fraction of sp³-hybridized carbons (Fsp3) is 0.105. The molecule has 0 aliphatic rings. The first-order valence-electron chi connectivity index (χ1n) is 8.06. The van der Waals surface area contributed by atoms with Crippen LogP contribution in [0.2, 0.25) is 0 Å². The summed E-state index contributed by atoms with van der Waals surface area (Å²) < 4.78 is 33.9. The number of carbonyl (C=O) groups excluding carboxylic acids is 1. The Morgan fingerprint density at radius 1 is 1.11 bits per heavy atom. The zero-order valence-electron chi connectivity index (χ0n) is 14.5. The van der Waals surface area contributed by atoms with Crippen molar-refractivity contribution >= 4 is 27.5 Å². The van der Waals surface area contributed by atoms with Crippen molar-refractivity contribution in [2.24, 2.45) is 4.99 Å². The summed E-state index contributed by atoms with van der Waals surface area (Å²) in [7, 11) is -2.19. The maximum atomic E-state index is 12.9. The summed E-state index contributed by atoms with van der Waals surface area (Å²) in [5, 5.41) is 3.03. The normalized spacial score (nSPS) is 11.0. The van der Waals surface area contributed by atoms with Gasteiger partial charge in [0.2, 0.25) is 6.08 Å². The number of para-hydroxylation sites is 1. The van der Waals surface area contributed by atoms with E-state index in [0.717, 1.165) is 5.56 Å². The van der Waals surface area contributed by atoms with E-state index < -0.39 is 10.0 Å². The summed E-state index contributed by atoms with van der Waals surface area (Å²) in [5.74, 6) is 0.530. The average Bonchev–Trinajstić information content (AvgIpc) is 3.17. The number of nitrogens with one attached hydrogen (secondary N) is 2. The quantitative estimate of drug-likeness (QED) is 0.481. The number of anilines is 1. The van der Waals surface area contributed by atoms with Crippen molar-refractivity contribution in [2.45, 2.75) is 11.4 Å². The van der Waals surface area contributed by atoms with Crippen LogP contribution < -0.4 is 10.0 Å². The van der Waals surface area contributed by atoms with Crippen molar-refractivity contribution in [3.63, 3.8) is 0 Å². The molecule has 0 aliphatic heterocycles. The van der Waals surface area contributed by atoms with Crippen LogP contribution >= 0.6 is 0 Å². The molecule has 0 spiro atoms. The van der Waals surface area contributed by atoms with Crippen LogP contribution in [0.25, 0.3) is 11.3 Å². The highest BCUT2D eigenvalue weighted by Crippen LogP contribution is 2.33. The van der Waals surface area contributed by atoms with Gasteiger partial charge >= 0.3 is 0 Å². The molecule has 0 saturated carbocycles. The van der Waals surface area contributed by atoms with Crippen molar-refractivity contribution in [1.29, 1.82) is 0 Å².